The van der Waals surface area contributed by atoms with Gasteiger partial charge in [0.05, 0.1) is 26.9 Å². The summed E-state index contributed by atoms with van der Waals surface area (Å²) in [7, 11) is 4.55. The van der Waals surface area contributed by atoms with Gasteiger partial charge in [-0.05, 0) is 66.1 Å². The Morgan fingerprint density at radius 3 is 2.27 bits per heavy atom. The number of benzene rings is 3. The first-order valence-electron chi connectivity index (χ1n) is 10.3. The molecule has 172 valence electrons. The van der Waals surface area contributed by atoms with Crippen LogP contribution in [0.3, 0.4) is 0 Å². The fourth-order valence-electron chi connectivity index (χ4n) is 3.32. The Kier molecular flexibility index (Phi) is 7.81. The van der Waals surface area contributed by atoms with E-state index in [-0.39, 0.29) is 17.4 Å². The summed E-state index contributed by atoms with van der Waals surface area (Å²) < 4.78 is 16.0. The first-order chi connectivity index (χ1) is 15.9. The van der Waals surface area contributed by atoms with Crippen LogP contribution in [0, 0.1) is 0 Å². The van der Waals surface area contributed by atoms with Crippen LogP contribution in [0.4, 0.5) is 0 Å². The molecule has 7 nitrogen and oxygen atoms in total. The Bertz CT molecular complexity index is 1140. The molecule has 0 atom stereocenters. The van der Waals surface area contributed by atoms with Crippen molar-refractivity contribution in [3.63, 3.8) is 0 Å². The zero-order valence-electron chi connectivity index (χ0n) is 18.8. The molecule has 1 amide bonds. The molecule has 3 aromatic carbocycles. The van der Waals surface area contributed by atoms with Crippen LogP contribution in [-0.4, -0.2) is 44.0 Å². The molecule has 0 saturated carbocycles. The minimum absolute atomic E-state index is 0.00788. The van der Waals surface area contributed by atoms with Gasteiger partial charge in [0.1, 0.15) is 17.2 Å². The Hall–Kier alpha value is -4.13. The molecule has 0 aliphatic heterocycles. The summed E-state index contributed by atoms with van der Waals surface area (Å²) in [5, 5.41) is 22.3. The van der Waals surface area contributed by atoms with Crippen LogP contribution in [0.5, 0.6) is 28.7 Å². The van der Waals surface area contributed by atoms with Gasteiger partial charge in [0.25, 0.3) is 5.91 Å². The predicted molar refractivity (Wildman–Crippen MR) is 127 cm³/mol. The summed E-state index contributed by atoms with van der Waals surface area (Å²) in [6.07, 6.45) is 2.30. The van der Waals surface area contributed by atoms with Gasteiger partial charge in [0.2, 0.25) is 0 Å². The Morgan fingerprint density at radius 1 is 0.879 bits per heavy atom. The third-order valence-corrected chi connectivity index (χ3v) is 5.09. The molecule has 0 heterocycles. The lowest BCUT2D eigenvalue weighted by Crippen LogP contribution is -2.26. The molecule has 0 aromatic heterocycles. The predicted octanol–water partition coefficient (Wildman–Crippen LogP) is 4.02. The molecule has 0 bridgehead atoms. The second-order valence-corrected chi connectivity index (χ2v) is 7.23. The summed E-state index contributed by atoms with van der Waals surface area (Å²) in [6.45, 7) is 0.395. The maximum Gasteiger partial charge on any atom is 0.252 e. The van der Waals surface area contributed by atoms with Crippen LogP contribution < -0.4 is 19.5 Å². The van der Waals surface area contributed by atoms with Crippen molar-refractivity contribution >= 4 is 17.6 Å². The molecule has 7 heteroatoms. The zero-order valence-corrected chi connectivity index (χ0v) is 18.8. The minimum atomic E-state index is -0.299. The maximum atomic E-state index is 13.3. The van der Waals surface area contributed by atoms with Gasteiger partial charge < -0.3 is 29.7 Å². The SMILES string of the molecule is COc1ccc(OC)c(/C(=C\c2ccc(O)c(OC)c2)C(=O)NCCc2ccc(O)cc2)c1. The number of methoxy groups -OCH3 is 3. The topological polar surface area (TPSA) is 97.3 Å². The second-order valence-electron chi connectivity index (χ2n) is 7.23. The van der Waals surface area contributed by atoms with E-state index in [4.69, 9.17) is 14.2 Å². The highest BCUT2D eigenvalue weighted by atomic mass is 16.5. The van der Waals surface area contributed by atoms with Crippen LogP contribution in [0.1, 0.15) is 16.7 Å². The van der Waals surface area contributed by atoms with Crippen LogP contribution in [0.25, 0.3) is 11.6 Å². The first-order valence-corrected chi connectivity index (χ1v) is 10.3. The maximum absolute atomic E-state index is 13.3. The fourth-order valence-corrected chi connectivity index (χ4v) is 3.32. The number of carbonyl (C=O) groups is 1. The number of phenolic OH excluding ortho intramolecular Hbond substituents is 2. The summed E-state index contributed by atoms with van der Waals surface area (Å²) in [4.78, 5) is 13.3. The molecular formula is C26H27NO6. The molecular weight excluding hydrogens is 422 g/mol. The highest BCUT2D eigenvalue weighted by Gasteiger charge is 2.18. The molecule has 0 unspecified atom stereocenters. The van der Waals surface area contributed by atoms with E-state index in [9.17, 15) is 15.0 Å². The summed E-state index contributed by atoms with van der Waals surface area (Å²) >= 11 is 0. The molecule has 0 fully saturated rings. The third-order valence-electron chi connectivity index (χ3n) is 5.09. The molecule has 0 aliphatic carbocycles. The van der Waals surface area contributed by atoms with Gasteiger partial charge in [0.15, 0.2) is 11.5 Å². The van der Waals surface area contributed by atoms with Gasteiger partial charge >= 0.3 is 0 Å². The average molecular weight is 450 g/mol. The van der Waals surface area contributed by atoms with Gasteiger partial charge in [-0.15, -0.1) is 0 Å². The van der Waals surface area contributed by atoms with E-state index in [1.54, 1.807) is 55.7 Å². The standard InChI is InChI=1S/C26H27NO6/c1-31-20-9-11-24(32-2)21(16-20)22(14-18-6-10-23(29)25(15-18)33-3)26(30)27-13-12-17-4-7-19(28)8-5-17/h4-11,14-16,28-29H,12-13H2,1-3H3,(H,27,30)/b22-14+. The monoisotopic (exact) mass is 449 g/mol. The van der Waals surface area contributed by atoms with Crippen molar-refractivity contribution < 1.29 is 29.2 Å². The van der Waals surface area contributed by atoms with Gasteiger partial charge in [-0.3, -0.25) is 4.79 Å². The smallest absolute Gasteiger partial charge is 0.252 e. The Labute approximate surface area is 192 Å². The Morgan fingerprint density at radius 2 is 1.61 bits per heavy atom. The number of carbonyl (C=O) groups excluding carboxylic acids is 1. The number of nitrogens with one attached hydrogen (secondary N) is 1. The van der Waals surface area contributed by atoms with Crippen LogP contribution >= 0.6 is 0 Å². The van der Waals surface area contributed by atoms with E-state index in [0.29, 0.717) is 46.9 Å². The third kappa shape index (κ3) is 5.98. The molecule has 3 rings (SSSR count). The molecule has 0 saturated heterocycles. The zero-order chi connectivity index (χ0) is 23.8. The molecule has 0 aliphatic rings. The van der Waals surface area contributed by atoms with Crippen molar-refractivity contribution in [2.24, 2.45) is 0 Å². The quantitative estimate of drug-likeness (QED) is 0.337. The van der Waals surface area contributed by atoms with Crippen molar-refractivity contribution in [3.05, 3.63) is 77.4 Å². The molecule has 3 N–H and O–H groups in total. The molecule has 3 aromatic rings. The lowest BCUT2D eigenvalue weighted by atomic mass is 10.00. The van der Waals surface area contributed by atoms with Crippen LogP contribution in [0.2, 0.25) is 0 Å². The van der Waals surface area contributed by atoms with E-state index in [1.807, 2.05) is 12.1 Å². The van der Waals surface area contributed by atoms with Crippen LogP contribution in [0.15, 0.2) is 60.7 Å². The van der Waals surface area contributed by atoms with E-state index in [0.717, 1.165) is 5.56 Å². The van der Waals surface area contributed by atoms with Gasteiger partial charge in [-0.25, -0.2) is 0 Å². The average Bonchev–Trinajstić information content (AvgIpc) is 2.84. The first kappa shape index (κ1) is 23.5. The minimum Gasteiger partial charge on any atom is -0.508 e. The fraction of sp³-hybridized carbons (Fsp3) is 0.192. The lowest BCUT2D eigenvalue weighted by Gasteiger charge is -2.15. The van der Waals surface area contributed by atoms with Crippen molar-refractivity contribution in [2.75, 3.05) is 27.9 Å². The largest absolute Gasteiger partial charge is 0.508 e. The number of hydrogen-bond acceptors (Lipinski definition) is 6. The normalized spacial score (nSPS) is 11.1. The van der Waals surface area contributed by atoms with Gasteiger partial charge in [0, 0.05) is 12.1 Å². The lowest BCUT2D eigenvalue weighted by molar-refractivity contribution is -0.115. The van der Waals surface area contributed by atoms with Crippen molar-refractivity contribution in [2.45, 2.75) is 6.42 Å². The van der Waals surface area contributed by atoms with E-state index >= 15 is 0 Å². The van der Waals surface area contributed by atoms with Crippen molar-refractivity contribution in [3.8, 4) is 28.7 Å². The summed E-state index contributed by atoms with van der Waals surface area (Å²) in [5.41, 5.74) is 2.58. The number of amides is 1. The summed E-state index contributed by atoms with van der Waals surface area (Å²) in [6, 6.07) is 16.9. The number of ether oxygens (including phenoxy) is 3. The molecule has 33 heavy (non-hydrogen) atoms. The molecule has 0 radical (unpaired) electrons. The second kappa shape index (κ2) is 10.9. The van der Waals surface area contributed by atoms with Gasteiger partial charge in [-0.1, -0.05) is 18.2 Å². The van der Waals surface area contributed by atoms with E-state index in [1.165, 1.54) is 20.3 Å². The Balaban J connectivity index is 1.94. The highest BCUT2D eigenvalue weighted by molar-refractivity contribution is 6.25. The van der Waals surface area contributed by atoms with Crippen molar-refractivity contribution in [1.82, 2.24) is 5.32 Å². The number of rotatable bonds is 9. The van der Waals surface area contributed by atoms with Gasteiger partial charge in [-0.2, -0.15) is 0 Å². The summed E-state index contributed by atoms with van der Waals surface area (Å²) in [5.74, 6) is 1.30. The van der Waals surface area contributed by atoms with Crippen LogP contribution in [-0.2, 0) is 11.2 Å². The van der Waals surface area contributed by atoms with Crippen molar-refractivity contribution in [1.29, 1.82) is 0 Å². The number of aromatic hydroxyl groups is 2. The highest BCUT2D eigenvalue weighted by Crippen LogP contribution is 2.33. The number of phenols is 2. The number of hydrogen-bond donors (Lipinski definition) is 3. The molecule has 0 spiro atoms. The van der Waals surface area contributed by atoms with E-state index < -0.39 is 0 Å². The van der Waals surface area contributed by atoms with E-state index in [2.05, 4.69) is 5.32 Å².